The van der Waals surface area contributed by atoms with Gasteiger partial charge in [-0.25, -0.2) is 9.78 Å². The molecule has 0 unspecified atom stereocenters. The van der Waals surface area contributed by atoms with E-state index in [1.165, 1.54) is 10.8 Å². The minimum atomic E-state index is -0.421. The van der Waals surface area contributed by atoms with Crippen LogP contribution in [0.2, 0.25) is 0 Å². The van der Waals surface area contributed by atoms with Gasteiger partial charge in [0.05, 0.1) is 13.2 Å². The lowest BCUT2D eigenvalue weighted by Gasteiger charge is -2.06. The number of hydrogen-bond acceptors (Lipinski definition) is 4. The number of Topliss-reactive ketones (excluding diaryl/α,β-unsaturated/α-hetero) is 1. The quantitative estimate of drug-likeness (QED) is 0.779. The van der Waals surface area contributed by atoms with E-state index < -0.39 is 5.69 Å². The van der Waals surface area contributed by atoms with Crippen LogP contribution in [0, 0.1) is 6.92 Å². The fraction of sp³-hybridized carbons (Fsp3) is 0.267. The Morgan fingerprint density at radius 1 is 1.30 bits per heavy atom. The van der Waals surface area contributed by atoms with Crippen LogP contribution in [-0.2, 0) is 6.54 Å². The van der Waals surface area contributed by atoms with Crippen LogP contribution in [0.3, 0.4) is 0 Å². The number of carbonyl (C=O) groups is 1. The molecule has 5 heteroatoms. The zero-order valence-electron chi connectivity index (χ0n) is 11.5. The third kappa shape index (κ3) is 3.32. The summed E-state index contributed by atoms with van der Waals surface area (Å²) in [5.41, 5.74) is 0.959. The first-order valence-electron chi connectivity index (χ1n) is 6.39. The summed E-state index contributed by atoms with van der Waals surface area (Å²) in [6, 6.07) is 6.88. The van der Waals surface area contributed by atoms with E-state index in [0.717, 1.165) is 11.3 Å². The molecule has 1 aromatic carbocycles. The SMILES string of the molecule is CCOc1ccc(C(=O)Cn2cc(C)cnc2=O)cc1. The smallest absolute Gasteiger partial charge is 0.347 e. The average molecular weight is 272 g/mol. The fourth-order valence-corrected chi connectivity index (χ4v) is 1.83. The van der Waals surface area contributed by atoms with Crippen molar-refractivity contribution in [2.45, 2.75) is 20.4 Å². The van der Waals surface area contributed by atoms with Gasteiger partial charge in [0.1, 0.15) is 5.75 Å². The third-order valence-corrected chi connectivity index (χ3v) is 2.79. The number of ether oxygens (including phenoxy) is 1. The maximum Gasteiger partial charge on any atom is 0.347 e. The van der Waals surface area contributed by atoms with Gasteiger partial charge in [0, 0.05) is 18.0 Å². The molecule has 0 N–H and O–H groups in total. The van der Waals surface area contributed by atoms with E-state index in [0.29, 0.717) is 12.2 Å². The minimum Gasteiger partial charge on any atom is -0.494 e. The Labute approximate surface area is 116 Å². The van der Waals surface area contributed by atoms with Crippen molar-refractivity contribution in [1.82, 2.24) is 9.55 Å². The first kappa shape index (κ1) is 14.0. The summed E-state index contributed by atoms with van der Waals surface area (Å²) in [6.45, 7) is 4.29. The second kappa shape index (κ2) is 6.14. The molecular formula is C15H16N2O3. The van der Waals surface area contributed by atoms with Gasteiger partial charge < -0.3 is 4.74 Å². The van der Waals surface area contributed by atoms with E-state index in [2.05, 4.69) is 4.98 Å². The molecule has 5 nitrogen and oxygen atoms in total. The third-order valence-electron chi connectivity index (χ3n) is 2.79. The molecule has 0 atom stereocenters. The van der Waals surface area contributed by atoms with E-state index in [4.69, 9.17) is 4.74 Å². The zero-order valence-corrected chi connectivity index (χ0v) is 11.5. The number of aromatic nitrogens is 2. The molecule has 0 aliphatic carbocycles. The van der Waals surface area contributed by atoms with Crippen LogP contribution >= 0.6 is 0 Å². The Hall–Kier alpha value is -2.43. The van der Waals surface area contributed by atoms with Crippen LogP contribution < -0.4 is 10.4 Å². The van der Waals surface area contributed by atoms with Gasteiger partial charge in [-0.15, -0.1) is 0 Å². The summed E-state index contributed by atoms with van der Waals surface area (Å²) in [6.07, 6.45) is 3.11. The molecule has 1 heterocycles. The maximum absolute atomic E-state index is 12.1. The molecule has 0 amide bonds. The van der Waals surface area contributed by atoms with E-state index in [9.17, 15) is 9.59 Å². The van der Waals surface area contributed by atoms with Crippen molar-refractivity contribution in [1.29, 1.82) is 0 Å². The summed E-state index contributed by atoms with van der Waals surface area (Å²) in [4.78, 5) is 27.4. The molecular weight excluding hydrogens is 256 g/mol. The molecule has 0 saturated heterocycles. The van der Waals surface area contributed by atoms with Gasteiger partial charge in [-0.2, -0.15) is 0 Å². The second-order valence-corrected chi connectivity index (χ2v) is 4.42. The van der Waals surface area contributed by atoms with Crippen molar-refractivity contribution in [3.63, 3.8) is 0 Å². The number of benzene rings is 1. The molecule has 2 rings (SSSR count). The minimum absolute atomic E-state index is 0.0124. The molecule has 0 aliphatic heterocycles. The molecule has 1 aromatic heterocycles. The highest BCUT2D eigenvalue weighted by Gasteiger charge is 2.08. The number of aryl methyl sites for hydroxylation is 1. The largest absolute Gasteiger partial charge is 0.494 e. The van der Waals surface area contributed by atoms with E-state index in [1.54, 1.807) is 30.5 Å². The molecule has 0 saturated carbocycles. The molecule has 0 bridgehead atoms. The second-order valence-electron chi connectivity index (χ2n) is 4.42. The van der Waals surface area contributed by atoms with Gasteiger partial charge in [-0.05, 0) is 43.7 Å². The van der Waals surface area contributed by atoms with Crippen molar-refractivity contribution < 1.29 is 9.53 Å². The van der Waals surface area contributed by atoms with Gasteiger partial charge in [0.25, 0.3) is 0 Å². The topological polar surface area (TPSA) is 61.2 Å². The molecule has 20 heavy (non-hydrogen) atoms. The highest BCUT2D eigenvalue weighted by atomic mass is 16.5. The standard InChI is InChI=1S/C15H16N2O3/c1-3-20-13-6-4-12(5-7-13)14(18)10-17-9-11(2)8-16-15(17)19/h4-9H,3,10H2,1-2H3. The summed E-state index contributed by atoms with van der Waals surface area (Å²) < 4.78 is 6.63. The van der Waals surface area contributed by atoms with Gasteiger partial charge in [0.15, 0.2) is 5.78 Å². The zero-order chi connectivity index (χ0) is 14.5. The molecule has 0 radical (unpaired) electrons. The van der Waals surface area contributed by atoms with E-state index >= 15 is 0 Å². The van der Waals surface area contributed by atoms with Crippen LogP contribution in [0.5, 0.6) is 5.75 Å². The van der Waals surface area contributed by atoms with Crippen molar-refractivity contribution in [3.8, 4) is 5.75 Å². The van der Waals surface area contributed by atoms with E-state index in [-0.39, 0.29) is 12.3 Å². The summed E-state index contributed by atoms with van der Waals surface area (Å²) in [5, 5.41) is 0. The monoisotopic (exact) mass is 272 g/mol. The Morgan fingerprint density at radius 3 is 2.65 bits per heavy atom. The van der Waals surface area contributed by atoms with Gasteiger partial charge in [0.2, 0.25) is 0 Å². The summed E-state index contributed by atoms with van der Waals surface area (Å²) >= 11 is 0. The number of carbonyl (C=O) groups excluding carboxylic acids is 1. The Bertz CT molecular complexity index is 660. The number of hydrogen-bond donors (Lipinski definition) is 0. The number of rotatable bonds is 5. The molecule has 104 valence electrons. The lowest BCUT2D eigenvalue weighted by molar-refractivity contribution is 0.0970. The summed E-state index contributed by atoms with van der Waals surface area (Å²) in [7, 11) is 0. The first-order valence-corrected chi connectivity index (χ1v) is 6.39. The number of nitrogens with zero attached hydrogens (tertiary/aromatic N) is 2. The Balaban J connectivity index is 2.15. The van der Waals surface area contributed by atoms with Crippen LogP contribution in [0.15, 0.2) is 41.5 Å². The summed E-state index contributed by atoms with van der Waals surface area (Å²) in [5.74, 6) is 0.584. The van der Waals surface area contributed by atoms with Gasteiger partial charge in [-0.1, -0.05) is 0 Å². The Morgan fingerprint density at radius 2 is 2.00 bits per heavy atom. The highest BCUT2D eigenvalue weighted by molar-refractivity contribution is 5.95. The molecule has 0 aliphatic rings. The lowest BCUT2D eigenvalue weighted by atomic mass is 10.1. The fourth-order valence-electron chi connectivity index (χ4n) is 1.83. The van der Waals surface area contributed by atoms with Crippen molar-refractivity contribution in [2.24, 2.45) is 0 Å². The Kier molecular flexibility index (Phi) is 4.30. The molecule has 0 fully saturated rings. The van der Waals surface area contributed by atoms with Crippen molar-refractivity contribution in [3.05, 3.63) is 58.3 Å². The van der Waals surface area contributed by atoms with Crippen LogP contribution in [0.25, 0.3) is 0 Å². The van der Waals surface area contributed by atoms with Crippen LogP contribution in [-0.4, -0.2) is 21.9 Å². The van der Waals surface area contributed by atoms with Crippen LogP contribution in [0.4, 0.5) is 0 Å². The average Bonchev–Trinajstić information content (AvgIpc) is 2.44. The highest BCUT2D eigenvalue weighted by Crippen LogP contribution is 2.12. The van der Waals surface area contributed by atoms with Gasteiger partial charge in [-0.3, -0.25) is 9.36 Å². The van der Waals surface area contributed by atoms with Gasteiger partial charge >= 0.3 is 5.69 Å². The lowest BCUT2D eigenvalue weighted by Crippen LogP contribution is -2.26. The number of ketones is 1. The normalized spacial score (nSPS) is 10.3. The van der Waals surface area contributed by atoms with Crippen molar-refractivity contribution >= 4 is 5.78 Å². The van der Waals surface area contributed by atoms with E-state index in [1.807, 2.05) is 13.8 Å². The molecule has 2 aromatic rings. The maximum atomic E-state index is 12.1. The molecule has 0 spiro atoms. The predicted molar refractivity (Wildman–Crippen MR) is 75.2 cm³/mol. The predicted octanol–water partition coefficient (Wildman–Crippen LogP) is 1.83. The first-order chi connectivity index (χ1) is 9.60. The van der Waals surface area contributed by atoms with Crippen molar-refractivity contribution in [2.75, 3.05) is 6.61 Å². The van der Waals surface area contributed by atoms with Crippen LogP contribution in [0.1, 0.15) is 22.8 Å².